The summed E-state index contributed by atoms with van der Waals surface area (Å²) in [6.45, 7) is 0.738. The highest BCUT2D eigenvalue weighted by Crippen LogP contribution is 2.23. The molecule has 0 fully saturated rings. The molecule has 1 unspecified atom stereocenters. The molecule has 7 nitrogen and oxygen atoms in total. The molecule has 0 aliphatic carbocycles. The van der Waals surface area contributed by atoms with Crippen LogP contribution in [-0.4, -0.2) is 30.9 Å². The smallest absolute Gasteiger partial charge is 0.228 e. The lowest BCUT2D eigenvalue weighted by atomic mass is 9.97. The number of nitrogens with zero attached hydrogens (tertiary/aromatic N) is 4. The molecule has 23 heavy (non-hydrogen) atoms. The van der Waals surface area contributed by atoms with Crippen molar-refractivity contribution in [2.24, 2.45) is 5.92 Å². The van der Waals surface area contributed by atoms with Crippen LogP contribution >= 0.6 is 0 Å². The fraction of sp³-hybridized carbons (Fsp3) is 0.250. The lowest BCUT2D eigenvalue weighted by Crippen LogP contribution is -2.30. The van der Waals surface area contributed by atoms with Crippen LogP contribution in [-0.2, 0) is 17.8 Å². The van der Waals surface area contributed by atoms with E-state index in [1.54, 1.807) is 12.5 Å². The van der Waals surface area contributed by atoms with Crippen LogP contribution in [0.1, 0.15) is 12.2 Å². The summed E-state index contributed by atoms with van der Waals surface area (Å²) in [7, 11) is 0. The van der Waals surface area contributed by atoms with E-state index in [1.807, 2.05) is 35.0 Å². The zero-order valence-corrected chi connectivity index (χ0v) is 12.4. The van der Waals surface area contributed by atoms with E-state index in [4.69, 9.17) is 0 Å². The molecule has 0 saturated carbocycles. The largest absolute Gasteiger partial charge is 0.326 e. The van der Waals surface area contributed by atoms with Gasteiger partial charge in [0.15, 0.2) is 0 Å². The van der Waals surface area contributed by atoms with Crippen LogP contribution in [0.3, 0.4) is 0 Å². The Labute approximate surface area is 132 Å². The number of carbonyl (C=O) groups is 1. The van der Waals surface area contributed by atoms with Gasteiger partial charge in [0.1, 0.15) is 12.2 Å². The van der Waals surface area contributed by atoms with E-state index in [0.717, 1.165) is 35.7 Å². The van der Waals surface area contributed by atoms with Gasteiger partial charge in [-0.2, -0.15) is 10.2 Å². The van der Waals surface area contributed by atoms with Crippen LogP contribution in [0.25, 0.3) is 11.3 Å². The summed E-state index contributed by atoms with van der Waals surface area (Å²) in [5.74, 6) is 0.839. The van der Waals surface area contributed by atoms with Crippen molar-refractivity contribution in [3.63, 3.8) is 0 Å². The molecule has 4 rings (SSSR count). The number of aryl methyl sites for hydroxylation is 1. The Morgan fingerprint density at radius 3 is 3.17 bits per heavy atom. The van der Waals surface area contributed by atoms with Gasteiger partial charge in [-0.15, -0.1) is 0 Å². The second-order valence-corrected chi connectivity index (χ2v) is 5.63. The van der Waals surface area contributed by atoms with E-state index in [0.29, 0.717) is 6.42 Å². The lowest BCUT2D eigenvalue weighted by Gasteiger charge is -2.21. The number of carbonyl (C=O) groups excluding carboxylic acids is 1. The van der Waals surface area contributed by atoms with Crippen molar-refractivity contribution in [1.29, 1.82) is 0 Å². The van der Waals surface area contributed by atoms with E-state index in [2.05, 4.69) is 25.6 Å². The molecule has 1 amide bonds. The van der Waals surface area contributed by atoms with Crippen molar-refractivity contribution in [1.82, 2.24) is 25.0 Å². The molecule has 0 bridgehead atoms. The summed E-state index contributed by atoms with van der Waals surface area (Å²) >= 11 is 0. The van der Waals surface area contributed by atoms with Crippen molar-refractivity contribution in [3.8, 4) is 11.3 Å². The third-order valence-corrected chi connectivity index (χ3v) is 4.13. The van der Waals surface area contributed by atoms with Crippen molar-refractivity contribution < 1.29 is 4.79 Å². The van der Waals surface area contributed by atoms with Gasteiger partial charge in [0, 0.05) is 36.3 Å². The van der Waals surface area contributed by atoms with Crippen LogP contribution in [0.2, 0.25) is 0 Å². The summed E-state index contributed by atoms with van der Waals surface area (Å²) in [4.78, 5) is 16.7. The molecule has 2 aromatic heterocycles. The first-order valence-corrected chi connectivity index (χ1v) is 7.57. The SMILES string of the molecule is O=C(Nc1cccc(-c2ccn[nH]2)c1)C1CCn2ncnc2C1. The molecular formula is C16H16N6O. The minimum absolute atomic E-state index is 0.0287. The molecule has 2 N–H and O–H groups in total. The van der Waals surface area contributed by atoms with Crippen LogP contribution < -0.4 is 5.32 Å². The molecule has 3 aromatic rings. The van der Waals surface area contributed by atoms with Crippen LogP contribution in [0, 0.1) is 5.92 Å². The van der Waals surface area contributed by atoms with Gasteiger partial charge in [-0.3, -0.25) is 14.6 Å². The number of fused-ring (bicyclic) bond motifs is 1. The number of hydrogen-bond acceptors (Lipinski definition) is 4. The molecule has 1 aliphatic heterocycles. The Kier molecular flexibility index (Phi) is 3.38. The maximum absolute atomic E-state index is 12.5. The van der Waals surface area contributed by atoms with Gasteiger partial charge >= 0.3 is 0 Å². The number of aromatic amines is 1. The lowest BCUT2D eigenvalue weighted by molar-refractivity contribution is -0.120. The molecule has 3 heterocycles. The van der Waals surface area contributed by atoms with Gasteiger partial charge in [-0.25, -0.2) is 4.98 Å². The summed E-state index contributed by atoms with van der Waals surface area (Å²) < 4.78 is 1.86. The summed E-state index contributed by atoms with van der Waals surface area (Å²) in [6, 6.07) is 9.63. The number of H-pyrrole nitrogens is 1. The van der Waals surface area contributed by atoms with Crippen molar-refractivity contribution in [3.05, 3.63) is 48.7 Å². The monoisotopic (exact) mass is 308 g/mol. The fourth-order valence-corrected chi connectivity index (χ4v) is 2.88. The van der Waals surface area contributed by atoms with Crippen LogP contribution in [0.4, 0.5) is 5.69 Å². The zero-order valence-electron chi connectivity index (χ0n) is 12.4. The van der Waals surface area contributed by atoms with Gasteiger partial charge in [-0.1, -0.05) is 12.1 Å². The minimum atomic E-state index is -0.0671. The summed E-state index contributed by atoms with van der Waals surface area (Å²) in [5.41, 5.74) is 2.70. The van der Waals surface area contributed by atoms with Gasteiger partial charge in [0.05, 0.1) is 5.69 Å². The first kappa shape index (κ1) is 13.7. The number of amides is 1. The van der Waals surface area contributed by atoms with Gasteiger partial charge in [0.2, 0.25) is 5.91 Å². The Morgan fingerprint density at radius 1 is 1.35 bits per heavy atom. The molecular weight excluding hydrogens is 292 g/mol. The van der Waals surface area contributed by atoms with E-state index >= 15 is 0 Å². The van der Waals surface area contributed by atoms with Crippen LogP contribution in [0.5, 0.6) is 0 Å². The molecule has 116 valence electrons. The second kappa shape index (κ2) is 5.68. The Hall–Kier alpha value is -2.96. The van der Waals surface area contributed by atoms with Crippen molar-refractivity contribution in [2.75, 3.05) is 5.32 Å². The first-order valence-electron chi connectivity index (χ1n) is 7.57. The predicted molar refractivity (Wildman–Crippen MR) is 84.5 cm³/mol. The van der Waals surface area contributed by atoms with E-state index < -0.39 is 0 Å². The highest BCUT2D eigenvalue weighted by atomic mass is 16.1. The minimum Gasteiger partial charge on any atom is -0.326 e. The second-order valence-electron chi connectivity index (χ2n) is 5.63. The van der Waals surface area contributed by atoms with E-state index in [-0.39, 0.29) is 11.8 Å². The first-order chi connectivity index (χ1) is 11.3. The molecule has 1 aromatic carbocycles. The number of rotatable bonds is 3. The highest BCUT2D eigenvalue weighted by Gasteiger charge is 2.26. The standard InChI is InChI=1S/C16H16N6O/c23-16(12-5-7-22-15(9-12)17-10-19-22)20-13-3-1-2-11(8-13)14-4-6-18-21-14/h1-4,6,8,10,12H,5,7,9H2,(H,18,21)(H,20,23). The molecule has 0 radical (unpaired) electrons. The number of benzene rings is 1. The number of aromatic nitrogens is 5. The normalized spacial score (nSPS) is 16.8. The average Bonchev–Trinajstić information content (AvgIpc) is 3.26. The molecule has 7 heteroatoms. The van der Waals surface area contributed by atoms with Gasteiger partial charge in [0.25, 0.3) is 0 Å². The maximum atomic E-state index is 12.5. The zero-order chi connectivity index (χ0) is 15.6. The Morgan fingerprint density at radius 2 is 2.30 bits per heavy atom. The van der Waals surface area contributed by atoms with Crippen LogP contribution in [0.15, 0.2) is 42.9 Å². The third kappa shape index (κ3) is 2.73. The number of anilines is 1. The summed E-state index contributed by atoms with van der Waals surface area (Å²) in [5, 5.41) is 14.0. The average molecular weight is 308 g/mol. The highest BCUT2D eigenvalue weighted by molar-refractivity contribution is 5.93. The van der Waals surface area contributed by atoms with E-state index in [9.17, 15) is 4.79 Å². The number of hydrogen-bond donors (Lipinski definition) is 2. The van der Waals surface area contributed by atoms with E-state index in [1.165, 1.54) is 0 Å². The predicted octanol–water partition coefficient (Wildman–Crippen LogP) is 1.87. The van der Waals surface area contributed by atoms with Gasteiger partial charge in [-0.05, 0) is 24.6 Å². The fourth-order valence-electron chi connectivity index (χ4n) is 2.88. The molecule has 0 spiro atoms. The molecule has 0 saturated heterocycles. The number of nitrogens with one attached hydrogen (secondary N) is 2. The maximum Gasteiger partial charge on any atom is 0.228 e. The third-order valence-electron chi connectivity index (χ3n) is 4.13. The van der Waals surface area contributed by atoms with Crippen molar-refractivity contribution in [2.45, 2.75) is 19.4 Å². The summed E-state index contributed by atoms with van der Waals surface area (Å²) in [6.07, 6.45) is 4.66. The van der Waals surface area contributed by atoms with Crippen molar-refractivity contribution >= 4 is 11.6 Å². The topological polar surface area (TPSA) is 88.5 Å². The molecule has 1 aliphatic rings. The Bertz CT molecular complexity index is 823. The molecule has 1 atom stereocenters. The Balaban J connectivity index is 1.48. The quantitative estimate of drug-likeness (QED) is 0.773. The van der Waals surface area contributed by atoms with Gasteiger partial charge < -0.3 is 5.32 Å².